The number of carbonyl (C=O) groups is 3. The van der Waals surface area contributed by atoms with E-state index in [-0.39, 0.29) is 19.3 Å². The molecule has 0 aromatic rings. The fraction of sp³-hybridized carbons (Fsp3) is 0.659. The van der Waals surface area contributed by atoms with Crippen molar-refractivity contribution in [3.63, 3.8) is 0 Å². The number of allylic oxidation sites excluding steroid dienone is 28. The number of hydrogen-bond acceptors (Lipinski definition) is 14. The standard InChI is InChI=1S/C91H152O16P2/c1-4-7-10-13-16-19-22-25-28-31-34-36-38-40-41-42-43-45-47-48-51-53-56-59-62-65-68-71-74-77-89(94)101-80-86(92)81-103-108(97,98)104-82-87(93)83-105-109(99,100)106-85-88(107-91(96)79-76-73-70-67-64-61-58-55-50-33-30-27-24-21-18-15-12-9-6-3)84-102-90(95)78-75-72-69-66-63-60-57-54-52-49-46-44-39-37-35-32-29-26-23-20-17-14-11-8-5-2/h8-9,11-12,16-21,25-30,34-37,40-41,44,46,50,55,61,64,86-88,92-93H,4-7,10,13-15,22-24,31-33,38-39,42-43,45,47-49,51-54,56-60,62-63,65-85H2,1-3H3,(H,97,98)(H,99,100)/b11-8-,12-9-,19-16-,20-17-,21-18-,28-25-,29-26-,30-27-,36-34-,37-35-,41-40-,46-44-,55-50-,64-61-. The molecule has 109 heavy (non-hydrogen) atoms. The molecule has 18 heteroatoms. The Hall–Kier alpha value is -5.09. The maximum absolute atomic E-state index is 13.0. The van der Waals surface area contributed by atoms with Crippen LogP contribution in [0.15, 0.2) is 170 Å². The number of ether oxygens (including phenoxy) is 3. The summed E-state index contributed by atoms with van der Waals surface area (Å²) >= 11 is 0. The third-order valence-corrected chi connectivity index (χ3v) is 19.3. The molecular formula is C91H152O16P2. The predicted octanol–water partition coefficient (Wildman–Crippen LogP) is 25.5. The molecule has 4 N–H and O–H groups in total. The maximum atomic E-state index is 13.0. The quantitative estimate of drug-likeness (QED) is 0.0146. The summed E-state index contributed by atoms with van der Waals surface area (Å²) in [6.45, 7) is 2.39. The Bertz CT molecular complexity index is 2660. The molecular weight excluding hydrogens is 1410 g/mol. The first-order valence-corrected chi connectivity index (χ1v) is 45.4. The third kappa shape index (κ3) is 83.7. The van der Waals surface area contributed by atoms with Gasteiger partial charge in [0.15, 0.2) is 6.10 Å². The molecule has 622 valence electrons. The van der Waals surface area contributed by atoms with E-state index in [2.05, 4.69) is 191 Å². The van der Waals surface area contributed by atoms with Gasteiger partial charge in [0, 0.05) is 19.3 Å². The molecule has 16 nitrogen and oxygen atoms in total. The molecule has 0 aliphatic heterocycles. The Balaban J connectivity index is 4.63. The van der Waals surface area contributed by atoms with Gasteiger partial charge in [0.1, 0.15) is 25.4 Å². The van der Waals surface area contributed by atoms with E-state index in [1.807, 2.05) is 0 Å². The van der Waals surface area contributed by atoms with Gasteiger partial charge in [-0.1, -0.05) is 326 Å². The van der Waals surface area contributed by atoms with Crippen molar-refractivity contribution in [2.45, 2.75) is 347 Å². The number of rotatable bonds is 79. The van der Waals surface area contributed by atoms with Crippen molar-refractivity contribution in [3.05, 3.63) is 170 Å². The second-order valence-corrected chi connectivity index (χ2v) is 30.8. The fourth-order valence-corrected chi connectivity index (χ4v) is 12.6. The van der Waals surface area contributed by atoms with Crippen molar-refractivity contribution in [1.82, 2.24) is 0 Å². The second-order valence-electron chi connectivity index (χ2n) is 27.9. The molecule has 0 aliphatic carbocycles. The SMILES string of the molecule is CC/C=C\C/C=C\C/C=C\C/C=C\C/C=C\CCCCCCCCCCCC(=O)OCC(COP(=O)(O)OCC(O)COP(=O)(O)OCC(O)COC(=O)CCCCCCCCCCCCCCC/C=C\C/C=C\C/C=C\C/C=C\CCCCC)OC(=O)CCCCC/C=C\C/C=C\C/C=C\C/C=C\C/C=C\CC. The summed E-state index contributed by atoms with van der Waals surface area (Å²) in [4.78, 5) is 58.8. The minimum absolute atomic E-state index is 0.0583. The van der Waals surface area contributed by atoms with E-state index in [0.29, 0.717) is 19.3 Å². The molecule has 0 aromatic carbocycles. The second kappa shape index (κ2) is 82.4. The van der Waals surface area contributed by atoms with Crippen LogP contribution >= 0.6 is 15.6 Å². The van der Waals surface area contributed by atoms with Gasteiger partial charge in [-0.25, -0.2) is 9.13 Å². The van der Waals surface area contributed by atoms with Crippen LogP contribution in [0.1, 0.15) is 329 Å². The zero-order chi connectivity index (χ0) is 79.4. The van der Waals surface area contributed by atoms with Crippen LogP contribution in [0.2, 0.25) is 0 Å². The Labute approximate surface area is 662 Å². The molecule has 0 saturated heterocycles. The van der Waals surface area contributed by atoms with Crippen molar-refractivity contribution in [3.8, 4) is 0 Å². The average Bonchev–Trinajstić information content (AvgIpc) is 0.906. The first kappa shape index (κ1) is 104. The third-order valence-electron chi connectivity index (χ3n) is 17.4. The number of carbonyl (C=O) groups excluding carboxylic acids is 3. The topological polar surface area (TPSA) is 231 Å². The number of phosphoric ester groups is 2. The summed E-state index contributed by atoms with van der Waals surface area (Å²) in [5.74, 6) is -1.62. The van der Waals surface area contributed by atoms with Gasteiger partial charge in [-0.05, 0) is 154 Å². The Kier molecular flexibility index (Phi) is 78.5. The normalized spacial score (nSPS) is 14.7. The average molecular weight is 1560 g/mol. The van der Waals surface area contributed by atoms with Gasteiger partial charge >= 0.3 is 33.6 Å². The molecule has 0 saturated carbocycles. The highest BCUT2D eigenvalue weighted by Crippen LogP contribution is 2.45. The number of esters is 3. The van der Waals surface area contributed by atoms with E-state index in [1.54, 1.807) is 0 Å². The number of aliphatic hydroxyl groups excluding tert-OH is 2. The van der Waals surface area contributed by atoms with Crippen molar-refractivity contribution in [1.29, 1.82) is 0 Å². The van der Waals surface area contributed by atoms with Crippen LogP contribution in [0.5, 0.6) is 0 Å². The Morgan fingerprint density at radius 2 is 0.486 bits per heavy atom. The summed E-state index contributed by atoms with van der Waals surface area (Å²) in [5, 5.41) is 20.7. The smallest absolute Gasteiger partial charge is 0.463 e. The van der Waals surface area contributed by atoms with E-state index in [1.165, 1.54) is 109 Å². The summed E-state index contributed by atoms with van der Waals surface area (Å²) in [7, 11) is -9.82. The van der Waals surface area contributed by atoms with Crippen LogP contribution in [0.3, 0.4) is 0 Å². The highest BCUT2D eigenvalue weighted by atomic mass is 31.2. The minimum Gasteiger partial charge on any atom is -0.463 e. The van der Waals surface area contributed by atoms with Crippen LogP contribution in [0.25, 0.3) is 0 Å². The van der Waals surface area contributed by atoms with Gasteiger partial charge in [0.05, 0.1) is 26.4 Å². The molecule has 5 atom stereocenters. The van der Waals surface area contributed by atoms with Crippen molar-refractivity contribution in [2.75, 3.05) is 39.6 Å². The van der Waals surface area contributed by atoms with E-state index in [0.717, 1.165) is 161 Å². The zero-order valence-corrected chi connectivity index (χ0v) is 70.0. The van der Waals surface area contributed by atoms with Gasteiger partial charge in [0.2, 0.25) is 0 Å². The van der Waals surface area contributed by atoms with Crippen molar-refractivity contribution < 1.29 is 75.8 Å². The summed E-state index contributed by atoms with van der Waals surface area (Å²) in [5.41, 5.74) is 0. The lowest BCUT2D eigenvalue weighted by Crippen LogP contribution is -2.30. The van der Waals surface area contributed by atoms with Gasteiger partial charge in [-0.3, -0.25) is 32.5 Å². The monoisotopic (exact) mass is 1560 g/mol. The molecule has 5 unspecified atom stereocenters. The van der Waals surface area contributed by atoms with Gasteiger partial charge in [-0.2, -0.15) is 0 Å². The number of unbranched alkanes of at least 4 members (excludes halogenated alkanes) is 28. The molecule has 0 aromatic heterocycles. The molecule has 0 bridgehead atoms. The summed E-state index contributed by atoms with van der Waals surface area (Å²) in [6, 6.07) is 0. The van der Waals surface area contributed by atoms with Crippen LogP contribution in [-0.4, -0.2) is 95.9 Å². The molecule has 0 heterocycles. The zero-order valence-electron chi connectivity index (χ0n) is 68.2. The fourth-order valence-electron chi connectivity index (χ4n) is 11.0. The van der Waals surface area contributed by atoms with Crippen LogP contribution in [0.4, 0.5) is 0 Å². The lowest BCUT2D eigenvalue weighted by Gasteiger charge is -2.21. The van der Waals surface area contributed by atoms with E-state index in [9.17, 15) is 43.5 Å². The minimum atomic E-state index is -4.95. The molecule has 0 amide bonds. The molecule has 0 radical (unpaired) electrons. The Morgan fingerprint density at radius 3 is 0.780 bits per heavy atom. The van der Waals surface area contributed by atoms with E-state index < -0.39 is 91.5 Å². The van der Waals surface area contributed by atoms with E-state index >= 15 is 0 Å². The predicted molar refractivity (Wildman–Crippen MR) is 454 cm³/mol. The maximum Gasteiger partial charge on any atom is 0.472 e. The number of aliphatic hydroxyl groups is 2. The van der Waals surface area contributed by atoms with Gasteiger partial charge in [0.25, 0.3) is 0 Å². The van der Waals surface area contributed by atoms with Gasteiger partial charge in [-0.15, -0.1) is 0 Å². The summed E-state index contributed by atoms with van der Waals surface area (Å²) in [6.07, 6.45) is 105. The largest absolute Gasteiger partial charge is 0.472 e. The highest BCUT2D eigenvalue weighted by Gasteiger charge is 2.29. The van der Waals surface area contributed by atoms with Crippen LogP contribution in [0, 0.1) is 0 Å². The first-order chi connectivity index (χ1) is 53.2. The molecule has 0 spiro atoms. The summed E-state index contributed by atoms with van der Waals surface area (Å²) < 4.78 is 61.3. The van der Waals surface area contributed by atoms with Gasteiger partial charge < -0.3 is 34.2 Å². The van der Waals surface area contributed by atoms with E-state index in [4.69, 9.17) is 32.3 Å². The van der Waals surface area contributed by atoms with Crippen molar-refractivity contribution in [2.24, 2.45) is 0 Å². The highest BCUT2D eigenvalue weighted by molar-refractivity contribution is 7.47. The number of phosphoric acid groups is 2. The number of hydrogen-bond donors (Lipinski definition) is 4. The molecule has 0 rings (SSSR count). The lowest BCUT2D eigenvalue weighted by atomic mass is 10.0. The van der Waals surface area contributed by atoms with Crippen LogP contribution < -0.4 is 0 Å². The first-order valence-electron chi connectivity index (χ1n) is 42.4. The Morgan fingerprint density at radius 1 is 0.266 bits per heavy atom. The van der Waals surface area contributed by atoms with Crippen molar-refractivity contribution >= 4 is 33.6 Å². The van der Waals surface area contributed by atoms with Crippen LogP contribution in [-0.2, 0) is 55.8 Å². The molecule has 0 fully saturated rings. The lowest BCUT2D eigenvalue weighted by molar-refractivity contribution is -0.161. The molecule has 0 aliphatic rings.